The second-order valence-corrected chi connectivity index (χ2v) is 3.67. The Morgan fingerprint density at radius 2 is 2.50 bits per heavy atom. The van der Waals surface area contributed by atoms with E-state index in [1.54, 1.807) is 0 Å². The van der Waals surface area contributed by atoms with Crippen molar-refractivity contribution in [1.29, 1.82) is 0 Å². The molecule has 68 valence electrons. The minimum Gasteiger partial charge on any atom is -0.381 e. The average molecular weight is 170 g/mol. The molecule has 0 aliphatic carbocycles. The summed E-state index contributed by atoms with van der Waals surface area (Å²) in [5, 5.41) is 3.21. The molecule has 2 atom stereocenters. The second-order valence-electron chi connectivity index (χ2n) is 3.67. The van der Waals surface area contributed by atoms with Gasteiger partial charge in [-0.15, -0.1) is 0 Å². The molecule has 2 aliphatic rings. The topological polar surface area (TPSA) is 64.4 Å². The first-order chi connectivity index (χ1) is 5.76. The van der Waals surface area contributed by atoms with Crippen molar-refractivity contribution in [2.75, 3.05) is 26.3 Å². The maximum atomic E-state index is 11.3. The quantitative estimate of drug-likeness (QED) is 0.536. The number of primary amides is 1. The van der Waals surface area contributed by atoms with Gasteiger partial charge in [-0.05, 0) is 6.42 Å². The molecule has 2 aliphatic heterocycles. The molecule has 2 saturated heterocycles. The molecule has 0 radical (unpaired) electrons. The highest BCUT2D eigenvalue weighted by molar-refractivity contribution is 5.82. The summed E-state index contributed by atoms with van der Waals surface area (Å²) in [7, 11) is 0. The predicted octanol–water partition coefficient (Wildman–Crippen LogP) is -0.902. The van der Waals surface area contributed by atoms with Gasteiger partial charge >= 0.3 is 0 Å². The van der Waals surface area contributed by atoms with Crippen LogP contribution in [0.15, 0.2) is 0 Å². The normalized spacial score (nSPS) is 40.8. The molecule has 0 saturated carbocycles. The zero-order chi connectivity index (χ0) is 8.60. The van der Waals surface area contributed by atoms with E-state index in [1.165, 1.54) is 0 Å². The maximum Gasteiger partial charge on any atom is 0.225 e. The molecule has 12 heavy (non-hydrogen) atoms. The van der Waals surface area contributed by atoms with E-state index >= 15 is 0 Å². The third-order valence-electron chi connectivity index (χ3n) is 3.11. The van der Waals surface area contributed by atoms with E-state index in [4.69, 9.17) is 10.5 Å². The van der Waals surface area contributed by atoms with Crippen molar-refractivity contribution in [1.82, 2.24) is 5.32 Å². The van der Waals surface area contributed by atoms with E-state index in [-0.39, 0.29) is 11.3 Å². The number of hydrogen-bond donors (Lipinski definition) is 2. The van der Waals surface area contributed by atoms with E-state index in [0.29, 0.717) is 19.1 Å². The number of ether oxygens (including phenoxy) is 1. The number of carbonyl (C=O) groups is 1. The van der Waals surface area contributed by atoms with Crippen LogP contribution in [0.4, 0.5) is 0 Å². The van der Waals surface area contributed by atoms with Crippen molar-refractivity contribution in [2.45, 2.75) is 6.42 Å². The number of nitrogens with two attached hydrogens (primary N) is 1. The Balaban J connectivity index is 2.23. The van der Waals surface area contributed by atoms with Gasteiger partial charge in [-0.25, -0.2) is 0 Å². The molecule has 0 spiro atoms. The Kier molecular flexibility index (Phi) is 1.81. The Morgan fingerprint density at radius 1 is 1.67 bits per heavy atom. The van der Waals surface area contributed by atoms with Gasteiger partial charge in [-0.1, -0.05) is 0 Å². The van der Waals surface area contributed by atoms with Crippen LogP contribution in [0, 0.1) is 11.3 Å². The van der Waals surface area contributed by atoms with Gasteiger partial charge in [0.2, 0.25) is 5.91 Å². The number of amides is 1. The SMILES string of the molecule is NC(=O)[C@]12CCOC[C@H]1CNC2. The molecule has 0 aromatic carbocycles. The number of rotatable bonds is 1. The Bertz CT molecular complexity index is 207. The van der Waals surface area contributed by atoms with Crippen molar-refractivity contribution >= 4 is 5.91 Å². The lowest BCUT2D eigenvalue weighted by atomic mass is 9.74. The molecule has 2 heterocycles. The number of fused-ring (bicyclic) bond motifs is 1. The van der Waals surface area contributed by atoms with Crippen LogP contribution in [0.25, 0.3) is 0 Å². The van der Waals surface area contributed by atoms with Crippen LogP contribution in [0.1, 0.15) is 6.42 Å². The van der Waals surface area contributed by atoms with Crippen LogP contribution in [0.5, 0.6) is 0 Å². The summed E-state index contributed by atoms with van der Waals surface area (Å²) in [6.07, 6.45) is 0.778. The average Bonchev–Trinajstić information content (AvgIpc) is 2.48. The summed E-state index contributed by atoms with van der Waals surface area (Å²) < 4.78 is 5.31. The molecule has 0 aromatic heterocycles. The van der Waals surface area contributed by atoms with Crippen LogP contribution < -0.4 is 11.1 Å². The molecule has 4 nitrogen and oxygen atoms in total. The first-order valence-electron chi connectivity index (χ1n) is 4.34. The molecule has 4 heteroatoms. The van der Waals surface area contributed by atoms with Gasteiger partial charge in [0.25, 0.3) is 0 Å². The number of nitrogens with one attached hydrogen (secondary N) is 1. The summed E-state index contributed by atoms with van der Waals surface area (Å²) in [4.78, 5) is 11.3. The van der Waals surface area contributed by atoms with Crippen LogP contribution >= 0.6 is 0 Å². The fourth-order valence-electron chi connectivity index (χ4n) is 2.21. The lowest BCUT2D eigenvalue weighted by Gasteiger charge is -2.35. The van der Waals surface area contributed by atoms with Crippen molar-refractivity contribution in [3.05, 3.63) is 0 Å². The second kappa shape index (κ2) is 2.71. The van der Waals surface area contributed by atoms with Gasteiger partial charge in [0.1, 0.15) is 0 Å². The zero-order valence-corrected chi connectivity index (χ0v) is 7.01. The highest BCUT2D eigenvalue weighted by Gasteiger charge is 2.49. The first-order valence-corrected chi connectivity index (χ1v) is 4.34. The summed E-state index contributed by atoms with van der Waals surface area (Å²) in [5.41, 5.74) is 5.10. The minimum absolute atomic E-state index is 0.166. The molecule has 2 fully saturated rings. The summed E-state index contributed by atoms with van der Waals surface area (Å²) in [6.45, 7) is 2.94. The van der Waals surface area contributed by atoms with Gasteiger partial charge in [0.15, 0.2) is 0 Å². The maximum absolute atomic E-state index is 11.3. The van der Waals surface area contributed by atoms with Crippen molar-refractivity contribution in [2.24, 2.45) is 17.1 Å². The van der Waals surface area contributed by atoms with Crippen molar-refractivity contribution in [3.8, 4) is 0 Å². The van der Waals surface area contributed by atoms with Crippen molar-refractivity contribution < 1.29 is 9.53 Å². The lowest BCUT2D eigenvalue weighted by molar-refractivity contribution is -0.135. The fourth-order valence-corrected chi connectivity index (χ4v) is 2.21. The summed E-state index contributed by atoms with van der Waals surface area (Å²) in [5.74, 6) is 0.129. The van der Waals surface area contributed by atoms with Gasteiger partial charge in [0.05, 0.1) is 12.0 Å². The predicted molar refractivity (Wildman–Crippen MR) is 43.4 cm³/mol. The molecule has 0 bridgehead atoms. The summed E-state index contributed by atoms with van der Waals surface area (Å²) >= 11 is 0. The number of carbonyl (C=O) groups excluding carboxylic acids is 1. The molecule has 1 amide bonds. The van der Waals surface area contributed by atoms with E-state index in [2.05, 4.69) is 5.32 Å². The third-order valence-corrected chi connectivity index (χ3v) is 3.11. The van der Waals surface area contributed by atoms with Gasteiger partial charge in [-0.3, -0.25) is 4.79 Å². The minimum atomic E-state index is -0.307. The molecule has 0 aromatic rings. The molecular weight excluding hydrogens is 156 g/mol. The smallest absolute Gasteiger partial charge is 0.225 e. The molecule has 2 rings (SSSR count). The highest BCUT2D eigenvalue weighted by Crippen LogP contribution is 2.37. The van der Waals surface area contributed by atoms with Crippen LogP contribution in [0.3, 0.4) is 0 Å². The van der Waals surface area contributed by atoms with Gasteiger partial charge in [0, 0.05) is 25.6 Å². The monoisotopic (exact) mass is 170 g/mol. The standard InChI is InChI=1S/C8H14N2O2/c9-7(11)8-1-2-12-4-6(8)3-10-5-8/h6,10H,1-5H2,(H2,9,11)/t6-,8+/m1/s1. The van der Waals surface area contributed by atoms with E-state index in [9.17, 15) is 4.79 Å². The fraction of sp³-hybridized carbons (Fsp3) is 0.875. The van der Waals surface area contributed by atoms with Crippen molar-refractivity contribution in [3.63, 3.8) is 0 Å². The highest BCUT2D eigenvalue weighted by atomic mass is 16.5. The van der Waals surface area contributed by atoms with E-state index in [0.717, 1.165) is 19.5 Å². The van der Waals surface area contributed by atoms with Crippen LogP contribution in [-0.4, -0.2) is 32.2 Å². The largest absolute Gasteiger partial charge is 0.381 e. The van der Waals surface area contributed by atoms with E-state index < -0.39 is 0 Å². The molecule has 3 N–H and O–H groups in total. The Hall–Kier alpha value is -0.610. The lowest BCUT2D eigenvalue weighted by Crippen LogP contribution is -2.48. The molecular formula is C8H14N2O2. The van der Waals surface area contributed by atoms with Gasteiger partial charge in [-0.2, -0.15) is 0 Å². The molecule has 0 unspecified atom stereocenters. The van der Waals surface area contributed by atoms with Crippen LogP contribution in [0.2, 0.25) is 0 Å². The number of hydrogen-bond acceptors (Lipinski definition) is 3. The van der Waals surface area contributed by atoms with E-state index in [1.807, 2.05) is 0 Å². The first kappa shape index (κ1) is 8.01. The van der Waals surface area contributed by atoms with Crippen LogP contribution in [-0.2, 0) is 9.53 Å². The zero-order valence-electron chi connectivity index (χ0n) is 7.01. The Labute approximate surface area is 71.4 Å². The van der Waals surface area contributed by atoms with Gasteiger partial charge < -0.3 is 15.8 Å². The third kappa shape index (κ3) is 0.949. The summed E-state index contributed by atoms with van der Waals surface area (Å²) in [6, 6.07) is 0. The Morgan fingerprint density at radius 3 is 3.17 bits per heavy atom.